The van der Waals surface area contributed by atoms with Crippen LogP contribution in [0, 0.1) is 5.41 Å². The summed E-state index contributed by atoms with van der Waals surface area (Å²) in [5.74, 6) is 0. The predicted molar refractivity (Wildman–Crippen MR) is 70.5 cm³/mol. The number of allylic oxidation sites excluding steroid dienone is 5. The molecule has 0 aromatic rings. The summed E-state index contributed by atoms with van der Waals surface area (Å²) in [4.78, 5) is 4.17. The van der Waals surface area contributed by atoms with Gasteiger partial charge in [-0.25, -0.2) is 0 Å². The van der Waals surface area contributed by atoms with Crippen molar-refractivity contribution in [2.24, 2.45) is 10.4 Å². The molecule has 0 saturated heterocycles. The summed E-state index contributed by atoms with van der Waals surface area (Å²) in [6.07, 6.45) is 9.62. The topological polar surface area (TPSA) is 12.4 Å². The Morgan fingerprint density at radius 3 is 2.27 bits per heavy atom. The van der Waals surface area contributed by atoms with E-state index in [0.717, 1.165) is 17.7 Å². The van der Waals surface area contributed by atoms with Gasteiger partial charge in [0, 0.05) is 12.5 Å². The molecule has 1 nitrogen and oxygen atoms in total. The van der Waals surface area contributed by atoms with Crippen molar-refractivity contribution in [2.75, 3.05) is 7.05 Å². The van der Waals surface area contributed by atoms with Crippen molar-refractivity contribution >= 4 is 5.71 Å². The first-order chi connectivity index (χ1) is 7.11. The van der Waals surface area contributed by atoms with Crippen LogP contribution in [0.3, 0.4) is 0 Å². The molecular weight excluding hydrogens is 182 g/mol. The van der Waals surface area contributed by atoms with Crippen molar-refractivity contribution in [1.82, 2.24) is 0 Å². The highest BCUT2D eigenvalue weighted by atomic mass is 14.7. The van der Waals surface area contributed by atoms with Crippen LogP contribution in [0.1, 0.15) is 34.1 Å². The molecule has 0 amide bonds. The summed E-state index contributed by atoms with van der Waals surface area (Å²) in [5.41, 5.74) is 2.14. The molecule has 0 saturated carbocycles. The lowest BCUT2D eigenvalue weighted by Gasteiger charge is -2.17. The summed E-state index contributed by atoms with van der Waals surface area (Å²) >= 11 is 0. The molecule has 0 radical (unpaired) electrons. The number of aliphatic imine (C=N–C) groups is 1. The third-order valence-corrected chi connectivity index (χ3v) is 2.62. The summed E-state index contributed by atoms with van der Waals surface area (Å²) in [7, 11) is 1.80. The molecule has 1 heteroatoms. The molecule has 0 aliphatic heterocycles. The normalized spacial score (nSPS) is 27.3. The van der Waals surface area contributed by atoms with E-state index in [1.807, 2.05) is 13.8 Å². The van der Waals surface area contributed by atoms with Gasteiger partial charge in [0.15, 0.2) is 0 Å². The predicted octanol–water partition coefficient (Wildman–Crippen LogP) is 4.18. The van der Waals surface area contributed by atoms with Crippen LogP contribution in [-0.2, 0) is 0 Å². The zero-order valence-corrected chi connectivity index (χ0v) is 10.7. The molecule has 1 unspecified atom stereocenters. The van der Waals surface area contributed by atoms with Crippen LogP contribution in [0.15, 0.2) is 41.4 Å². The minimum absolute atomic E-state index is 0.162. The second-order valence-electron chi connectivity index (χ2n) is 3.66. The van der Waals surface area contributed by atoms with Crippen molar-refractivity contribution in [1.29, 1.82) is 0 Å². The summed E-state index contributed by atoms with van der Waals surface area (Å²) < 4.78 is 0. The molecule has 15 heavy (non-hydrogen) atoms. The van der Waals surface area contributed by atoms with E-state index in [4.69, 9.17) is 0 Å². The fraction of sp³-hybridized carbons (Fsp3) is 0.500. The van der Waals surface area contributed by atoms with E-state index >= 15 is 0 Å². The minimum atomic E-state index is 0.162. The molecule has 1 aliphatic carbocycles. The van der Waals surface area contributed by atoms with E-state index < -0.39 is 0 Å². The summed E-state index contributed by atoms with van der Waals surface area (Å²) in [5, 5.41) is 0. The van der Waals surface area contributed by atoms with Crippen LogP contribution in [0.5, 0.6) is 0 Å². The highest BCUT2D eigenvalue weighted by molar-refractivity contribution is 6.10. The van der Waals surface area contributed by atoms with Gasteiger partial charge in [0.1, 0.15) is 0 Å². The number of nitrogens with zero attached hydrogens (tertiary/aromatic N) is 1. The van der Waals surface area contributed by atoms with Crippen molar-refractivity contribution < 1.29 is 0 Å². The van der Waals surface area contributed by atoms with Gasteiger partial charge in [-0.1, -0.05) is 52.5 Å². The highest BCUT2D eigenvalue weighted by Crippen LogP contribution is 2.27. The SMILES string of the molecule is C=C1C=CC(C)(CC)C=CC1=NC.CC. The first-order valence-electron chi connectivity index (χ1n) is 5.66. The average molecular weight is 205 g/mol. The van der Waals surface area contributed by atoms with E-state index in [-0.39, 0.29) is 5.41 Å². The molecule has 1 atom stereocenters. The van der Waals surface area contributed by atoms with Crippen LogP contribution >= 0.6 is 0 Å². The summed E-state index contributed by atoms with van der Waals surface area (Å²) in [6.45, 7) is 12.4. The molecule has 1 rings (SSSR count). The largest absolute Gasteiger partial charge is 0.288 e. The highest BCUT2D eigenvalue weighted by Gasteiger charge is 2.16. The fourth-order valence-corrected chi connectivity index (χ4v) is 1.26. The fourth-order valence-electron chi connectivity index (χ4n) is 1.26. The third kappa shape index (κ3) is 3.86. The Morgan fingerprint density at radius 2 is 1.80 bits per heavy atom. The maximum atomic E-state index is 4.17. The molecule has 0 N–H and O–H groups in total. The molecule has 0 spiro atoms. The van der Waals surface area contributed by atoms with Gasteiger partial charge in [-0.2, -0.15) is 0 Å². The van der Waals surface area contributed by atoms with Crippen LogP contribution in [0.25, 0.3) is 0 Å². The Morgan fingerprint density at radius 1 is 1.27 bits per heavy atom. The second-order valence-corrected chi connectivity index (χ2v) is 3.66. The molecule has 0 heterocycles. The van der Waals surface area contributed by atoms with Crippen molar-refractivity contribution in [2.45, 2.75) is 34.1 Å². The minimum Gasteiger partial charge on any atom is -0.288 e. The van der Waals surface area contributed by atoms with Gasteiger partial charge in [-0.15, -0.1) is 0 Å². The van der Waals surface area contributed by atoms with E-state index in [9.17, 15) is 0 Å². The van der Waals surface area contributed by atoms with Crippen LogP contribution in [-0.4, -0.2) is 12.8 Å². The van der Waals surface area contributed by atoms with E-state index in [2.05, 4.69) is 49.7 Å². The molecule has 84 valence electrons. The maximum absolute atomic E-state index is 4.17. The van der Waals surface area contributed by atoms with Crippen molar-refractivity contribution in [3.63, 3.8) is 0 Å². The van der Waals surface area contributed by atoms with E-state index in [1.54, 1.807) is 7.05 Å². The Kier molecular flexibility index (Phi) is 5.92. The van der Waals surface area contributed by atoms with Crippen LogP contribution < -0.4 is 0 Å². The molecule has 0 aromatic heterocycles. The molecule has 1 aliphatic rings. The van der Waals surface area contributed by atoms with E-state index in [1.165, 1.54) is 0 Å². The molecule has 0 bridgehead atoms. The Hall–Kier alpha value is -1.11. The van der Waals surface area contributed by atoms with Gasteiger partial charge >= 0.3 is 0 Å². The lowest BCUT2D eigenvalue weighted by molar-refractivity contribution is 0.531. The number of rotatable bonds is 1. The first-order valence-corrected chi connectivity index (χ1v) is 5.66. The average Bonchev–Trinajstić information content (AvgIpc) is 2.43. The van der Waals surface area contributed by atoms with Gasteiger partial charge in [0.05, 0.1) is 5.71 Å². The molecule has 0 fully saturated rings. The van der Waals surface area contributed by atoms with Gasteiger partial charge in [-0.3, -0.25) is 4.99 Å². The van der Waals surface area contributed by atoms with Gasteiger partial charge in [0.2, 0.25) is 0 Å². The number of hydrogen-bond acceptors (Lipinski definition) is 1. The van der Waals surface area contributed by atoms with Crippen molar-refractivity contribution in [3.8, 4) is 0 Å². The van der Waals surface area contributed by atoms with Crippen LogP contribution in [0.2, 0.25) is 0 Å². The van der Waals surface area contributed by atoms with E-state index in [0.29, 0.717) is 0 Å². The van der Waals surface area contributed by atoms with Gasteiger partial charge in [-0.05, 0) is 18.1 Å². The zero-order chi connectivity index (χ0) is 11.9. The monoisotopic (exact) mass is 205 g/mol. The Balaban J connectivity index is 0.000000921. The second kappa shape index (κ2) is 6.39. The molecule has 0 aromatic carbocycles. The Bertz CT molecular complexity index is 294. The van der Waals surface area contributed by atoms with Crippen molar-refractivity contribution in [3.05, 3.63) is 36.5 Å². The third-order valence-electron chi connectivity index (χ3n) is 2.62. The lowest BCUT2D eigenvalue weighted by atomic mass is 9.87. The standard InChI is InChI=1S/C12H17N.C2H6/c1-5-12(3)8-6-10(2)11(13-4)7-9-12;1-2/h6-9H,2,5H2,1,3-4H3;1-2H3. The van der Waals surface area contributed by atoms with Gasteiger partial charge in [0.25, 0.3) is 0 Å². The molecular formula is C14H23N. The zero-order valence-electron chi connectivity index (χ0n) is 10.7. The van der Waals surface area contributed by atoms with Gasteiger partial charge < -0.3 is 0 Å². The number of hydrogen-bond donors (Lipinski definition) is 0. The smallest absolute Gasteiger partial charge is 0.0634 e. The Labute approximate surface area is 94.3 Å². The van der Waals surface area contributed by atoms with Crippen LogP contribution in [0.4, 0.5) is 0 Å². The quantitative estimate of drug-likeness (QED) is 0.609. The first kappa shape index (κ1) is 13.9. The summed E-state index contributed by atoms with van der Waals surface area (Å²) in [6, 6.07) is 0. The maximum Gasteiger partial charge on any atom is 0.0634 e. The lowest BCUT2D eigenvalue weighted by Crippen LogP contribution is -2.06.